The van der Waals surface area contributed by atoms with Crippen LogP contribution in [0.15, 0.2) is 65.6 Å². The fourth-order valence-corrected chi connectivity index (χ4v) is 3.19. The highest BCUT2D eigenvalue weighted by Gasteiger charge is 2.21. The van der Waals surface area contributed by atoms with Gasteiger partial charge in [0.15, 0.2) is 0 Å². The minimum absolute atomic E-state index is 0.142. The molecule has 2 aromatic rings. The van der Waals surface area contributed by atoms with Crippen LogP contribution in [0.5, 0.6) is 0 Å². The standard InChI is InChI=1S/C16H14ClNO3S/c1-18(14-7-3-2-4-8-14)22(20,21)15-9-5-6-13(12-15)10-11-16(17)19/h2-12H,1H3/b11-10+. The molecule has 0 N–H and O–H groups in total. The fourth-order valence-electron chi connectivity index (χ4n) is 1.88. The van der Waals surface area contributed by atoms with E-state index in [0.717, 1.165) is 0 Å². The van der Waals surface area contributed by atoms with Crippen molar-refractivity contribution in [3.63, 3.8) is 0 Å². The molecule has 4 nitrogen and oxygen atoms in total. The number of nitrogens with zero attached hydrogens (tertiary/aromatic N) is 1. The van der Waals surface area contributed by atoms with Crippen LogP contribution in [0.25, 0.3) is 6.08 Å². The van der Waals surface area contributed by atoms with E-state index in [9.17, 15) is 13.2 Å². The number of benzene rings is 2. The summed E-state index contributed by atoms with van der Waals surface area (Å²) in [4.78, 5) is 10.9. The van der Waals surface area contributed by atoms with Gasteiger partial charge in [-0.1, -0.05) is 36.4 Å². The van der Waals surface area contributed by atoms with Crippen molar-refractivity contribution in [2.45, 2.75) is 4.90 Å². The SMILES string of the molecule is CN(c1ccccc1)S(=O)(=O)c1cccc(/C=C/C(=O)Cl)c1. The van der Waals surface area contributed by atoms with Gasteiger partial charge in [0.05, 0.1) is 10.6 Å². The van der Waals surface area contributed by atoms with Crippen LogP contribution < -0.4 is 4.31 Å². The van der Waals surface area contributed by atoms with E-state index in [1.54, 1.807) is 36.4 Å². The van der Waals surface area contributed by atoms with Crippen molar-refractivity contribution >= 4 is 38.6 Å². The highest BCUT2D eigenvalue weighted by atomic mass is 35.5. The zero-order valence-corrected chi connectivity index (χ0v) is 13.4. The lowest BCUT2D eigenvalue weighted by molar-refractivity contribution is -0.107. The first-order valence-electron chi connectivity index (χ1n) is 6.43. The summed E-state index contributed by atoms with van der Waals surface area (Å²) in [5, 5.41) is -0.616. The van der Waals surface area contributed by atoms with Gasteiger partial charge in [0.2, 0.25) is 5.24 Å². The summed E-state index contributed by atoms with van der Waals surface area (Å²) in [7, 11) is -2.18. The molecule has 22 heavy (non-hydrogen) atoms. The second-order valence-electron chi connectivity index (χ2n) is 4.52. The maximum atomic E-state index is 12.6. The minimum atomic E-state index is -3.67. The summed E-state index contributed by atoms with van der Waals surface area (Å²) in [6.45, 7) is 0. The van der Waals surface area contributed by atoms with Crippen LogP contribution in [-0.4, -0.2) is 20.7 Å². The zero-order valence-electron chi connectivity index (χ0n) is 11.8. The molecule has 0 saturated carbocycles. The van der Waals surface area contributed by atoms with Crippen LogP contribution in [0.1, 0.15) is 5.56 Å². The Balaban J connectivity index is 2.38. The third-order valence-electron chi connectivity index (χ3n) is 3.04. The second-order valence-corrected chi connectivity index (χ2v) is 6.86. The zero-order chi connectivity index (χ0) is 16.2. The van der Waals surface area contributed by atoms with Gasteiger partial charge in [-0.25, -0.2) is 8.42 Å². The van der Waals surface area contributed by atoms with Gasteiger partial charge in [-0.05, 0) is 47.5 Å². The molecule has 0 bridgehead atoms. The lowest BCUT2D eigenvalue weighted by Crippen LogP contribution is -2.26. The lowest BCUT2D eigenvalue weighted by atomic mass is 10.2. The Bertz CT molecular complexity index is 801. The number of hydrogen-bond donors (Lipinski definition) is 0. The predicted octanol–water partition coefficient (Wildman–Crippen LogP) is 3.29. The van der Waals surface area contributed by atoms with Gasteiger partial charge < -0.3 is 0 Å². The summed E-state index contributed by atoms with van der Waals surface area (Å²) in [5.41, 5.74) is 1.15. The van der Waals surface area contributed by atoms with E-state index in [1.807, 2.05) is 6.07 Å². The number of carbonyl (C=O) groups is 1. The van der Waals surface area contributed by atoms with E-state index < -0.39 is 15.3 Å². The molecule has 0 heterocycles. The van der Waals surface area contributed by atoms with Crippen LogP contribution in [-0.2, 0) is 14.8 Å². The van der Waals surface area contributed by atoms with Crippen LogP contribution in [0.3, 0.4) is 0 Å². The molecule has 2 rings (SSSR count). The highest BCUT2D eigenvalue weighted by Crippen LogP contribution is 2.22. The average molecular weight is 336 g/mol. The molecule has 2 aromatic carbocycles. The normalized spacial score (nSPS) is 11.5. The van der Waals surface area contributed by atoms with Crippen molar-refractivity contribution in [2.75, 3.05) is 11.4 Å². The predicted molar refractivity (Wildman–Crippen MR) is 88.4 cm³/mol. The van der Waals surface area contributed by atoms with E-state index in [-0.39, 0.29) is 4.90 Å². The molecule has 0 aliphatic carbocycles. The van der Waals surface area contributed by atoms with E-state index in [1.165, 1.54) is 35.6 Å². The molecule has 0 amide bonds. The molecule has 0 atom stereocenters. The highest BCUT2D eigenvalue weighted by molar-refractivity contribution is 7.92. The second kappa shape index (κ2) is 6.77. The largest absolute Gasteiger partial charge is 0.276 e. The number of carbonyl (C=O) groups excluding carboxylic acids is 1. The Morgan fingerprint density at radius 2 is 1.77 bits per heavy atom. The maximum absolute atomic E-state index is 12.6. The smallest absolute Gasteiger partial charge is 0.264 e. The van der Waals surface area contributed by atoms with Gasteiger partial charge >= 0.3 is 0 Å². The molecule has 0 saturated heterocycles. The number of hydrogen-bond acceptors (Lipinski definition) is 3. The first-order chi connectivity index (χ1) is 10.4. The van der Waals surface area contributed by atoms with E-state index in [2.05, 4.69) is 0 Å². The third-order valence-corrected chi connectivity index (χ3v) is 4.95. The molecular formula is C16H14ClNO3S. The quantitative estimate of drug-likeness (QED) is 0.622. The monoisotopic (exact) mass is 335 g/mol. The Labute approximate surface area is 134 Å². The Morgan fingerprint density at radius 3 is 2.41 bits per heavy atom. The van der Waals surface area contributed by atoms with Gasteiger partial charge in [0.1, 0.15) is 0 Å². The molecule has 0 aliphatic rings. The van der Waals surface area contributed by atoms with Gasteiger partial charge in [0, 0.05) is 7.05 Å². The number of sulfonamides is 1. The molecule has 0 fully saturated rings. The van der Waals surface area contributed by atoms with Gasteiger partial charge in [-0.2, -0.15) is 0 Å². The molecule has 0 spiro atoms. The van der Waals surface area contributed by atoms with E-state index in [0.29, 0.717) is 11.3 Å². The number of halogens is 1. The van der Waals surface area contributed by atoms with E-state index >= 15 is 0 Å². The number of rotatable bonds is 5. The molecular weight excluding hydrogens is 322 g/mol. The summed E-state index contributed by atoms with van der Waals surface area (Å²) in [6.07, 6.45) is 2.64. The van der Waals surface area contributed by atoms with Crippen molar-refractivity contribution in [3.05, 3.63) is 66.2 Å². The number of allylic oxidation sites excluding steroid dienone is 1. The number of anilines is 1. The maximum Gasteiger partial charge on any atom is 0.264 e. The van der Waals surface area contributed by atoms with Crippen molar-refractivity contribution in [2.24, 2.45) is 0 Å². The molecule has 0 radical (unpaired) electrons. The molecule has 0 aromatic heterocycles. The summed E-state index contributed by atoms with van der Waals surface area (Å²) < 4.78 is 26.5. The van der Waals surface area contributed by atoms with Crippen LogP contribution in [0.2, 0.25) is 0 Å². The first-order valence-corrected chi connectivity index (χ1v) is 8.24. The Morgan fingerprint density at radius 1 is 1.09 bits per heavy atom. The van der Waals surface area contributed by atoms with Gasteiger partial charge in [-0.15, -0.1) is 0 Å². The summed E-state index contributed by atoms with van der Waals surface area (Å²) in [5.74, 6) is 0. The van der Waals surface area contributed by atoms with Crippen molar-refractivity contribution in [1.82, 2.24) is 0 Å². The molecule has 114 valence electrons. The lowest BCUT2D eigenvalue weighted by Gasteiger charge is -2.19. The minimum Gasteiger partial charge on any atom is -0.276 e. The first kappa shape index (κ1) is 16.3. The van der Waals surface area contributed by atoms with Gasteiger partial charge in [0.25, 0.3) is 10.0 Å². The fraction of sp³-hybridized carbons (Fsp3) is 0.0625. The number of para-hydroxylation sites is 1. The van der Waals surface area contributed by atoms with Crippen LogP contribution >= 0.6 is 11.6 Å². The topological polar surface area (TPSA) is 54.5 Å². The van der Waals surface area contributed by atoms with Crippen LogP contribution in [0.4, 0.5) is 5.69 Å². The van der Waals surface area contributed by atoms with E-state index in [4.69, 9.17) is 11.6 Å². The van der Waals surface area contributed by atoms with Crippen molar-refractivity contribution in [1.29, 1.82) is 0 Å². The molecule has 0 aliphatic heterocycles. The van der Waals surface area contributed by atoms with Crippen molar-refractivity contribution in [3.8, 4) is 0 Å². The molecule has 0 unspecified atom stereocenters. The van der Waals surface area contributed by atoms with Gasteiger partial charge in [-0.3, -0.25) is 9.10 Å². The summed E-state index contributed by atoms with van der Waals surface area (Å²) >= 11 is 5.24. The van der Waals surface area contributed by atoms with Crippen LogP contribution in [0, 0.1) is 0 Å². The Hall–Kier alpha value is -2.11. The molecule has 6 heteroatoms. The van der Waals surface area contributed by atoms with Crippen molar-refractivity contribution < 1.29 is 13.2 Å². The summed E-state index contributed by atoms with van der Waals surface area (Å²) in [6, 6.07) is 15.1. The average Bonchev–Trinajstić information content (AvgIpc) is 2.53. The Kier molecular flexibility index (Phi) is 5.00. The third kappa shape index (κ3) is 3.75.